The van der Waals surface area contributed by atoms with Gasteiger partial charge in [0.1, 0.15) is 5.75 Å². The summed E-state index contributed by atoms with van der Waals surface area (Å²) in [7, 11) is 0. The summed E-state index contributed by atoms with van der Waals surface area (Å²) in [5.74, 6) is -1.60. The maximum Gasteiger partial charge on any atom is 0.422 e. The number of amides is 1. The summed E-state index contributed by atoms with van der Waals surface area (Å²) < 4.78 is 40.9. The lowest BCUT2D eigenvalue weighted by Gasteiger charge is -2.13. The number of rotatable bonds is 7. The number of carbonyl (C=O) groups is 2. The molecule has 0 bridgehead atoms. The van der Waals surface area contributed by atoms with Crippen LogP contribution in [0.4, 0.5) is 18.9 Å². The van der Waals surface area contributed by atoms with Gasteiger partial charge in [-0.1, -0.05) is 12.1 Å². The minimum Gasteiger partial charge on any atom is -0.482 e. The van der Waals surface area contributed by atoms with Crippen LogP contribution in [-0.2, 0) is 9.59 Å². The number of halogens is 3. The molecule has 0 saturated heterocycles. The SMILES string of the molecule is O=C(O)CCCC(=O)Nc1ccccc1OCC(F)(F)F. The second-order valence-corrected chi connectivity index (χ2v) is 4.20. The van der Waals surface area contributed by atoms with Gasteiger partial charge in [-0.2, -0.15) is 13.2 Å². The summed E-state index contributed by atoms with van der Waals surface area (Å²) in [6.45, 7) is -1.46. The molecule has 0 saturated carbocycles. The Labute approximate surface area is 118 Å². The minimum absolute atomic E-state index is 0.0418. The lowest BCUT2D eigenvalue weighted by atomic mass is 10.2. The zero-order valence-corrected chi connectivity index (χ0v) is 10.9. The van der Waals surface area contributed by atoms with Crippen LogP contribution in [-0.4, -0.2) is 29.8 Å². The molecule has 0 aromatic heterocycles. The number of carbonyl (C=O) groups excluding carboxylic acids is 1. The largest absolute Gasteiger partial charge is 0.482 e. The van der Waals surface area contributed by atoms with E-state index >= 15 is 0 Å². The Morgan fingerprint density at radius 2 is 1.86 bits per heavy atom. The Morgan fingerprint density at radius 3 is 2.48 bits per heavy atom. The van der Waals surface area contributed by atoms with Crippen molar-refractivity contribution < 1.29 is 32.6 Å². The Balaban J connectivity index is 2.58. The second kappa shape index (κ2) is 7.51. The zero-order valence-electron chi connectivity index (χ0n) is 10.9. The fourth-order valence-corrected chi connectivity index (χ4v) is 1.47. The van der Waals surface area contributed by atoms with Crippen LogP contribution in [0.2, 0.25) is 0 Å². The van der Waals surface area contributed by atoms with Gasteiger partial charge in [0, 0.05) is 12.8 Å². The normalized spacial score (nSPS) is 11.0. The number of para-hydroxylation sites is 2. The number of anilines is 1. The summed E-state index contributed by atoms with van der Waals surface area (Å²) in [5.41, 5.74) is 0.113. The van der Waals surface area contributed by atoms with Gasteiger partial charge in [0.25, 0.3) is 0 Å². The molecule has 1 aromatic rings. The third-order valence-corrected chi connectivity index (χ3v) is 2.35. The highest BCUT2D eigenvalue weighted by molar-refractivity contribution is 5.92. The molecular formula is C13H14F3NO4. The van der Waals surface area contributed by atoms with Gasteiger partial charge in [0.2, 0.25) is 5.91 Å². The summed E-state index contributed by atoms with van der Waals surface area (Å²) in [6, 6.07) is 5.72. The lowest BCUT2D eigenvalue weighted by Crippen LogP contribution is -2.20. The quantitative estimate of drug-likeness (QED) is 0.812. The first-order valence-electron chi connectivity index (χ1n) is 6.08. The zero-order chi connectivity index (χ0) is 15.9. The summed E-state index contributed by atoms with van der Waals surface area (Å²) in [5, 5.41) is 10.8. The second-order valence-electron chi connectivity index (χ2n) is 4.20. The van der Waals surface area contributed by atoms with Crippen molar-refractivity contribution in [1.29, 1.82) is 0 Å². The van der Waals surface area contributed by atoms with Crippen molar-refractivity contribution in [2.24, 2.45) is 0 Å². The first kappa shape index (κ1) is 16.8. The Morgan fingerprint density at radius 1 is 1.19 bits per heavy atom. The molecule has 0 aliphatic heterocycles. The van der Waals surface area contributed by atoms with Crippen LogP contribution in [0.5, 0.6) is 5.75 Å². The van der Waals surface area contributed by atoms with Crippen molar-refractivity contribution in [3.05, 3.63) is 24.3 Å². The number of hydrogen-bond donors (Lipinski definition) is 2. The summed E-state index contributed by atoms with van der Waals surface area (Å²) >= 11 is 0. The van der Waals surface area contributed by atoms with E-state index in [1.807, 2.05) is 0 Å². The molecule has 5 nitrogen and oxygen atoms in total. The van der Waals surface area contributed by atoms with E-state index in [0.717, 1.165) is 0 Å². The van der Waals surface area contributed by atoms with Crippen molar-refractivity contribution in [2.75, 3.05) is 11.9 Å². The number of ether oxygens (including phenoxy) is 1. The van der Waals surface area contributed by atoms with Gasteiger partial charge in [-0.25, -0.2) is 0 Å². The summed E-state index contributed by atoms with van der Waals surface area (Å²) in [6.07, 6.45) is -4.52. The molecule has 2 N–H and O–H groups in total. The molecule has 1 aromatic carbocycles. The first-order chi connectivity index (χ1) is 9.78. The minimum atomic E-state index is -4.47. The van der Waals surface area contributed by atoms with Crippen LogP contribution < -0.4 is 10.1 Å². The Hall–Kier alpha value is -2.25. The van der Waals surface area contributed by atoms with E-state index in [0.29, 0.717) is 0 Å². The fourth-order valence-electron chi connectivity index (χ4n) is 1.47. The fraction of sp³-hybridized carbons (Fsp3) is 0.385. The smallest absolute Gasteiger partial charge is 0.422 e. The number of nitrogens with one attached hydrogen (secondary N) is 1. The molecule has 0 spiro atoms. The van der Waals surface area contributed by atoms with Gasteiger partial charge in [-0.05, 0) is 18.6 Å². The van der Waals surface area contributed by atoms with Crippen LogP contribution in [0.15, 0.2) is 24.3 Å². The highest BCUT2D eigenvalue weighted by Gasteiger charge is 2.28. The number of hydrogen-bond acceptors (Lipinski definition) is 3. The summed E-state index contributed by atoms with van der Waals surface area (Å²) in [4.78, 5) is 21.9. The van der Waals surface area contributed by atoms with E-state index in [4.69, 9.17) is 5.11 Å². The monoisotopic (exact) mass is 305 g/mol. The number of aliphatic carboxylic acids is 1. The van der Waals surface area contributed by atoms with Gasteiger partial charge in [0.05, 0.1) is 5.69 Å². The van der Waals surface area contributed by atoms with Crippen LogP contribution in [0.1, 0.15) is 19.3 Å². The third-order valence-electron chi connectivity index (χ3n) is 2.35. The maximum absolute atomic E-state index is 12.1. The highest BCUT2D eigenvalue weighted by atomic mass is 19.4. The predicted octanol–water partition coefficient (Wildman–Crippen LogP) is 2.82. The molecule has 1 amide bonds. The van der Waals surface area contributed by atoms with Crippen molar-refractivity contribution in [3.8, 4) is 5.75 Å². The van der Waals surface area contributed by atoms with E-state index < -0.39 is 24.7 Å². The number of carboxylic acid groups (broad SMARTS) is 1. The standard InChI is InChI=1S/C13H14F3NO4/c14-13(15,16)8-21-10-5-2-1-4-9(10)17-11(18)6-3-7-12(19)20/h1-2,4-5H,3,6-8H2,(H,17,18)(H,19,20). The van der Waals surface area contributed by atoms with E-state index in [-0.39, 0.29) is 30.7 Å². The number of alkyl halides is 3. The van der Waals surface area contributed by atoms with E-state index in [1.165, 1.54) is 24.3 Å². The molecule has 1 rings (SSSR count). The van der Waals surface area contributed by atoms with Crippen molar-refractivity contribution >= 4 is 17.6 Å². The van der Waals surface area contributed by atoms with E-state index in [9.17, 15) is 22.8 Å². The van der Waals surface area contributed by atoms with E-state index in [2.05, 4.69) is 10.1 Å². The first-order valence-corrected chi connectivity index (χ1v) is 6.08. The van der Waals surface area contributed by atoms with Crippen molar-refractivity contribution in [2.45, 2.75) is 25.4 Å². The van der Waals surface area contributed by atoms with Crippen molar-refractivity contribution in [1.82, 2.24) is 0 Å². The molecular weight excluding hydrogens is 291 g/mol. The van der Waals surface area contributed by atoms with Crippen molar-refractivity contribution in [3.63, 3.8) is 0 Å². The van der Waals surface area contributed by atoms with Gasteiger partial charge in [-0.3, -0.25) is 9.59 Å². The van der Waals surface area contributed by atoms with Crippen LogP contribution in [0.25, 0.3) is 0 Å². The van der Waals surface area contributed by atoms with Gasteiger partial charge in [0.15, 0.2) is 6.61 Å². The molecule has 0 heterocycles. The predicted molar refractivity (Wildman–Crippen MR) is 68.1 cm³/mol. The molecule has 0 radical (unpaired) electrons. The highest BCUT2D eigenvalue weighted by Crippen LogP contribution is 2.26. The number of carboxylic acids is 1. The molecule has 21 heavy (non-hydrogen) atoms. The van der Waals surface area contributed by atoms with Crippen LogP contribution in [0.3, 0.4) is 0 Å². The van der Waals surface area contributed by atoms with Gasteiger partial charge >= 0.3 is 12.1 Å². The Bertz CT molecular complexity index is 502. The topological polar surface area (TPSA) is 75.6 Å². The van der Waals surface area contributed by atoms with Gasteiger partial charge in [-0.15, -0.1) is 0 Å². The van der Waals surface area contributed by atoms with Crippen LogP contribution in [0, 0.1) is 0 Å². The molecule has 0 aliphatic carbocycles. The molecule has 0 unspecified atom stereocenters. The lowest BCUT2D eigenvalue weighted by molar-refractivity contribution is -0.153. The number of benzene rings is 1. The molecule has 8 heteroatoms. The van der Waals surface area contributed by atoms with Gasteiger partial charge < -0.3 is 15.2 Å². The average molecular weight is 305 g/mol. The molecule has 0 aliphatic rings. The Kier molecular flexibility index (Phi) is 6.01. The molecule has 0 fully saturated rings. The molecule has 0 atom stereocenters. The maximum atomic E-state index is 12.1. The average Bonchev–Trinajstić information content (AvgIpc) is 2.36. The van der Waals surface area contributed by atoms with E-state index in [1.54, 1.807) is 0 Å². The van der Waals surface area contributed by atoms with Crippen LogP contribution >= 0.6 is 0 Å². The molecule has 116 valence electrons. The third kappa shape index (κ3) is 7.19.